The highest BCUT2D eigenvalue weighted by Crippen LogP contribution is 2.22. The number of para-hydroxylation sites is 1. The van der Waals surface area contributed by atoms with E-state index in [1.807, 2.05) is 0 Å². The fraction of sp³-hybridized carbons (Fsp3) is 0.0455. The number of benzene rings is 2. The van der Waals surface area contributed by atoms with Gasteiger partial charge in [-0.1, -0.05) is 29.8 Å². The number of halogens is 3. The zero-order valence-corrected chi connectivity index (χ0v) is 15.8. The minimum atomic E-state index is -0.675. The molecule has 4 rings (SSSR count). The molecule has 0 unspecified atom stereocenters. The Morgan fingerprint density at radius 2 is 1.83 bits per heavy atom. The van der Waals surface area contributed by atoms with E-state index in [2.05, 4.69) is 9.97 Å². The van der Waals surface area contributed by atoms with Gasteiger partial charge in [0.2, 0.25) is 0 Å². The molecule has 2 aromatic heterocycles. The molecule has 4 aromatic rings. The van der Waals surface area contributed by atoms with Gasteiger partial charge in [0, 0.05) is 0 Å². The van der Waals surface area contributed by atoms with E-state index in [1.165, 1.54) is 16.7 Å². The van der Waals surface area contributed by atoms with Crippen LogP contribution in [0.4, 0.5) is 8.78 Å². The van der Waals surface area contributed by atoms with Crippen LogP contribution in [0.3, 0.4) is 0 Å². The zero-order chi connectivity index (χ0) is 20.4. The molecule has 0 aliphatic heterocycles. The Labute approximate surface area is 169 Å². The van der Waals surface area contributed by atoms with Crippen LogP contribution < -0.4 is 5.56 Å². The number of hydrogen-bond acceptors (Lipinski definition) is 3. The van der Waals surface area contributed by atoms with Crippen LogP contribution in [0.25, 0.3) is 28.7 Å². The molecule has 7 heteroatoms. The van der Waals surface area contributed by atoms with Crippen molar-refractivity contribution in [3.63, 3.8) is 0 Å². The Kier molecular flexibility index (Phi) is 5.18. The molecule has 0 saturated carbocycles. The molecule has 2 aromatic carbocycles. The molecule has 0 N–H and O–H groups in total. The smallest absolute Gasteiger partial charge is 0.266 e. The predicted molar refractivity (Wildman–Crippen MR) is 110 cm³/mol. The van der Waals surface area contributed by atoms with Crippen molar-refractivity contribution in [2.75, 3.05) is 0 Å². The molecule has 29 heavy (non-hydrogen) atoms. The number of pyridine rings is 1. The van der Waals surface area contributed by atoms with E-state index in [9.17, 15) is 13.6 Å². The van der Waals surface area contributed by atoms with Gasteiger partial charge in [-0.25, -0.2) is 13.8 Å². The van der Waals surface area contributed by atoms with E-state index >= 15 is 0 Å². The monoisotopic (exact) mass is 409 g/mol. The Hall–Kier alpha value is -3.38. The highest BCUT2D eigenvalue weighted by molar-refractivity contribution is 6.32. The van der Waals surface area contributed by atoms with Gasteiger partial charge in [0.25, 0.3) is 5.56 Å². The van der Waals surface area contributed by atoms with Crippen molar-refractivity contribution in [3.8, 4) is 5.69 Å². The van der Waals surface area contributed by atoms with Gasteiger partial charge in [-0.3, -0.25) is 14.3 Å². The Bertz CT molecular complexity index is 1300. The summed E-state index contributed by atoms with van der Waals surface area (Å²) >= 11 is 6.30. The zero-order valence-electron chi connectivity index (χ0n) is 15.0. The second-order valence-corrected chi connectivity index (χ2v) is 6.65. The van der Waals surface area contributed by atoms with Crippen molar-refractivity contribution < 1.29 is 8.78 Å². The van der Waals surface area contributed by atoms with Crippen LogP contribution in [0.1, 0.15) is 17.2 Å². The molecule has 0 fully saturated rings. The van der Waals surface area contributed by atoms with Gasteiger partial charge in [0.15, 0.2) is 0 Å². The number of alkyl halides is 1. The maximum absolute atomic E-state index is 13.7. The van der Waals surface area contributed by atoms with Gasteiger partial charge < -0.3 is 0 Å². The SMILES string of the molecule is O=c1c2cc(F)ccc2nc(C=Cc2cccc(CF)n2)n1-c1ccccc1Cl. The average molecular weight is 410 g/mol. The van der Waals surface area contributed by atoms with E-state index in [4.69, 9.17) is 11.6 Å². The molecule has 0 aliphatic carbocycles. The summed E-state index contributed by atoms with van der Waals surface area (Å²) in [5, 5.41) is 0.485. The lowest BCUT2D eigenvalue weighted by atomic mass is 10.2. The van der Waals surface area contributed by atoms with Gasteiger partial charge in [0.05, 0.1) is 33.0 Å². The van der Waals surface area contributed by atoms with Crippen LogP contribution in [0, 0.1) is 5.82 Å². The van der Waals surface area contributed by atoms with Crippen molar-refractivity contribution in [2.24, 2.45) is 0 Å². The third-order valence-electron chi connectivity index (χ3n) is 4.32. The van der Waals surface area contributed by atoms with Crippen LogP contribution in [0.5, 0.6) is 0 Å². The molecule has 144 valence electrons. The number of nitrogens with zero attached hydrogens (tertiary/aromatic N) is 3. The molecular formula is C22H14ClF2N3O. The quantitative estimate of drug-likeness (QED) is 0.464. The Balaban J connectivity index is 1.95. The normalized spacial score (nSPS) is 11.4. The minimum Gasteiger partial charge on any atom is -0.268 e. The summed E-state index contributed by atoms with van der Waals surface area (Å²) in [6, 6.07) is 15.6. The fourth-order valence-electron chi connectivity index (χ4n) is 2.98. The van der Waals surface area contributed by atoms with Crippen LogP contribution >= 0.6 is 11.6 Å². The highest BCUT2D eigenvalue weighted by atomic mass is 35.5. The minimum absolute atomic E-state index is 0.139. The molecule has 0 spiro atoms. The third-order valence-corrected chi connectivity index (χ3v) is 4.64. The van der Waals surface area contributed by atoms with E-state index in [0.29, 0.717) is 27.6 Å². The lowest BCUT2D eigenvalue weighted by Crippen LogP contribution is -2.22. The Morgan fingerprint density at radius 1 is 1.00 bits per heavy atom. The fourth-order valence-corrected chi connectivity index (χ4v) is 3.20. The highest BCUT2D eigenvalue weighted by Gasteiger charge is 2.14. The maximum atomic E-state index is 13.7. The van der Waals surface area contributed by atoms with Crippen molar-refractivity contribution in [1.82, 2.24) is 14.5 Å². The summed E-state index contributed by atoms with van der Waals surface area (Å²) in [4.78, 5) is 21.8. The molecular weight excluding hydrogens is 396 g/mol. The summed E-state index contributed by atoms with van der Waals surface area (Å²) in [5.41, 5.74) is 1.14. The van der Waals surface area contributed by atoms with E-state index in [0.717, 1.165) is 6.07 Å². The topological polar surface area (TPSA) is 47.8 Å². The molecule has 2 heterocycles. The lowest BCUT2D eigenvalue weighted by molar-refractivity contribution is 0.476. The van der Waals surface area contributed by atoms with E-state index < -0.39 is 18.1 Å². The summed E-state index contributed by atoms with van der Waals surface area (Å²) < 4.78 is 27.9. The van der Waals surface area contributed by atoms with Crippen LogP contribution in [-0.4, -0.2) is 14.5 Å². The molecule has 0 bridgehead atoms. The molecule has 0 atom stereocenters. The molecule has 0 radical (unpaired) electrons. The first kappa shape index (κ1) is 19.0. The first-order valence-electron chi connectivity index (χ1n) is 8.74. The van der Waals surface area contributed by atoms with Crippen LogP contribution in [0.15, 0.2) is 65.5 Å². The van der Waals surface area contributed by atoms with Crippen LogP contribution in [-0.2, 0) is 6.67 Å². The van der Waals surface area contributed by atoms with Crippen molar-refractivity contribution in [1.29, 1.82) is 0 Å². The molecule has 0 aliphatic rings. The molecule has 4 nitrogen and oxygen atoms in total. The van der Waals surface area contributed by atoms with Gasteiger partial charge in [-0.2, -0.15) is 0 Å². The third kappa shape index (κ3) is 3.79. The van der Waals surface area contributed by atoms with Crippen molar-refractivity contribution in [3.05, 3.63) is 99.1 Å². The molecule has 0 amide bonds. The van der Waals surface area contributed by atoms with Gasteiger partial charge in [-0.15, -0.1) is 0 Å². The lowest BCUT2D eigenvalue weighted by Gasteiger charge is -2.12. The number of fused-ring (bicyclic) bond motifs is 1. The van der Waals surface area contributed by atoms with Gasteiger partial charge in [-0.05, 0) is 54.6 Å². The summed E-state index contributed by atoms with van der Waals surface area (Å²) in [7, 11) is 0. The largest absolute Gasteiger partial charge is 0.268 e. The van der Waals surface area contributed by atoms with E-state index in [-0.39, 0.29) is 11.2 Å². The maximum Gasteiger partial charge on any atom is 0.266 e. The predicted octanol–water partition coefficient (Wildman–Crippen LogP) is 5.21. The number of rotatable bonds is 4. The summed E-state index contributed by atoms with van der Waals surface area (Å²) in [6.07, 6.45) is 3.22. The molecule has 0 saturated heterocycles. The summed E-state index contributed by atoms with van der Waals surface area (Å²) in [5.74, 6) is -0.243. The average Bonchev–Trinajstić information content (AvgIpc) is 2.74. The van der Waals surface area contributed by atoms with Crippen LogP contribution in [0.2, 0.25) is 5.02 Å². The second kappa shape index (κ2) is 7.93. The number of hydrogen-bond donors (Lipinski definition) is 0. The van der Waals surface area contributed by atoms with Crippen molar-refractivity contribution in [2.45, 2.75) is 6.67 Å². The summed E-state index contributed by atoms with van der Waals surface area (Å²) in [6.45, 7) is -0.675. The second-order valence-electron chi connectivity index (χ2n) is 6.24. The van der Waals surface area contributed by atoms with Gasteiger partial charge >= 0.3 is 0 Å². The van der Waals surface area contributed by atoms with E-state index in [1.54, 1.807) is 54.6 Å². The number of aromatic nitrogens is 3. The first-order valence-corrected chi connectivity index (χ1v) is 9.12. The standard InChI is InChI=1S/C22H14ClF2N3O/c23-18-6-1-2-7-20(18)28-21(11-9-15-4-3-5-16(13-24)26-15)27-19-10-8-14(25)12-17(19)22(28)29/h1-12H,13H2. The van der Waals surface area contributed by atoms with Crippen molar-refractivity contribution >= 4 is 34.7 Å². The Morgan fingerprint density at radius 3 is 2.62 bits per heavy atom. The van der Waals surface area contributed by atoms with Gasteiger partial charge in [0.1, 0.15) is 18.3 Å². The first-order chi connectivity index (χ1) is 14.1.